The van der Waals surface area contributed by atoms with Gasteiger partial charge in [0, 0.05) is 11.3 Å². The van der Waals surface area contributed by atoms with Crippen LogP contribution in [0.15, 0.2) is 12.7 Å². The number of esters is 1. The first-order chi connectivity index (χ1) is 11.2. The van der Waals surface area contributed by atoms with E-state index in [1.54, 1.807) is 0 Å². The predicted molar refractivity (Wildman–Crippen MR) is 101 cm³/mol. The van der Waals surface area contributed by atoms with Gasteiger partial charge < -0.3 is 9.16 Å². The average molecular weight is 353 g/mol. The second-order valence-corrected chi connectivity index (χ2v) is 13.3. The molecule has 5 atom stereocenters. The molecule has 0 aromatic heterocycles. The predicted octanol–water partition coefficient (Wildman–Crippen LogP) is 5.18. The maximum absolute atomic E-state index is 11.9. The molecule has 0 amide bonds. The summed E-state index contributed by atoms with van der Waals surface area (Å²) >= 11 is 0. The van der Waals surface area contributed by atoms with Gasteiger partial charge in [0.25, 0.3) is 0 Å². The summed E-state index contributed by atoms with van der Waals surface area (Å²) in [7, 11) is -1.71. The van der Waals surface area contributed by atoms with Crippen molar-refractivity contribution in [2.24, 2.45) is 23.2 Å². The molecule has 2 fully saturated rings. The topological polar surface area (TPSA) is 35.5 Å². The number of fused-ring (bicyclic) bond motifs is 1. The minimum atomic E-state index is -1.71. The third kappa shape index (κ3) is 3.50. The Morgan fingerprint density at radius 3 is 2.42 bits per heavy atom. The van der Waals surface area contributed by atoms with Crippen molar-refractivity contribution >= 4 is 14.3 Å². The lowest BCUT2D eigenvalue weighted by Crippen LogP contribution is -2.45. The third-order valence-electron chi connectivity index (χ3n) is 6.76. The fourth-order valence-corrected chi connectivity index (χ4v) is 7.90. The Bertz CT molecular complexity index is 461. The highest BCUT2D eigenvalue weighted by atomic mass is 28.4. The van der Waals surface area contributed by atoms with Gasteiger partial charge in [-0.15, -0.1) is 6.58 Å². The van der Waals surface area contributed by atoms with E-state index in [0.29, 0.717) is 24.2 Å². The van der Waals surface area contributed by atoms with Gasteiger partial charge >= 0.3 is 5.97 Å². The number of carbonyl (C=O) groups excluding carboxylic acids is 1. The highest BCUT2D eigenvalue weighted by Crippen LogP contribution is 2.54. The van der Waals surface area contributed by atoms with Crippen molar-refractivity contribution in [3.63, 3.8) is 0 Å². The smallest absolute Gasteiger partial charge is 0.306 e. The van der Waals surface area contributed by atoms with Crippen LogP contribution in [0.3, 0.4) is 0 Å². The standard InChI is InChI=1S/C20H36O3Si/c1-8-14(5)18(23-24(9-2,10-3)11-4)16-13-20(6,7)19-15(16)12-17(21)22-19/h8,14-16,18-19H,1,9-13H2,2-7H3/t14-,15+,16+,18+,19+/m0/s1. The largest absolute Gasteiger partial charge is 0.461 e. The molecule has 0 N–H and O–H groups in total. The molecule has 0 aromatic rings. The van der Waals surface area contributed by atoms with Crippen LogP contribution >= 0.6 is 0 Å². The first-order valence-electron chi connectivity index (χ1n) is 9.73. The monoisotopic (exact) mass is 352 g/mol. The van der Waals surface area contributed by atoms with Crippen molar-refractivity contribution in [1.82, 2.24) is 0 Å². The number of rotatable bonds is 8. The molecular formula is C20H36O3Si. The fraction of sp³-hybridized carbons (Fsp3) is 0.850. The van der Waals surface area contributed by atoms with Gasteiger partial charge in [0.05, 0.1) is 12.5 Å². The SMILES string of the molecule is C=C[C@H](C)[C@@H](O[Si](CC)(CC)CC)[C@@H]1CC(C)(C)[C@@H]2OC(=O)C[C@H]12. The second-order valence-electron chi connectivity index (χ2n) is 8.56. The van der Waals surface area contributed by atoms with Crippen LogP contribution in [-0.2, 0) is 14.0 Å². The first kappa shape index (κ1) is 19.7. The van der Waals surface area contributed by atoms with Crippen LogP contribution in [0, 0.1) is 23.2 Å². The summed E-state index contributed by atoms with van der Waals surface area (Å²) in [6.07, 6.45) is 3.88. The molecule has 0 radical (unpaired) electrons. The Morgan fingerprint density at radius 1 is 1.33 bits per heavy atom. The molecule has 4 heteroatoms. The molecular weight excluding hydrogens is 316 g/mol. The van der Waals surface area contributed by atoms with Crippen molar-refractivity contribution < 1.29 is 14.0 Å². The van der Waals surface area contributed by atoms with Crippen LogP contribution in [0.1, 0.15) is 54.4 Å². The van der Waals surface area contributed by atoms with Gasteiger partial charge in [-0.2, -0.15) is 0 Å². The molecule has 0 unspecified atom stereocenters. The van der Waals surface area contributed by atoms with Gasteiger partial charge in [-0.05, 0) is 36.4 Å². The maximum Gasteiger partial charge on any atom is 0.306 e. The lowest BCUT2D eigenvalue weighted by molar-refractivity contribution is -0.145. The summed E-state index contributed by atoms with van der Waals surface area (Å²) in [5.41, 5.74) is 0.0405. The molecule has 2 rings (SSSR count). The second kappa shape index (κ2) is 7.33. The lowest BCUT2D eigenvalue weighted by Gasteiger charge is -2.39. The highest BCUT2D eigenvalue weighted by molar-refractivity contribution is 6.73. The number of hydrogen-bond acceptors (Lipinski definition) is 3. The summed E-state index contributed by atoms with van der Waals surface area (Å²) in [4.78, 5) is 11.9. The van der Waals surface area contributed by atoms with E-state index in [4.69, 9.17) is 9.16 Å². The van der Waals surface area contributed by atoms with E-state index in [1.807, 2.05) is 6.08 Å². The summed E-state index contributed by atoms with van der Waals surface area (Å²) in [6, 6.07) is 3.46. The Morgan fingerprint density at radius 2 is 1.92 bits per heavy atom. The van der Waals surface area contributed by atoms with Crippen LogP contribution in [0.25, 0.3) is 0 Å². The molecule has 2 aliphatic rings. The average Bonchev–Trinajstić information content (AvgIpc) is 3.06. The zero-order valence-corrected chi connectivity index (χ0v) is 17.4. The van der Waals surface area contributed by atoms with E-state index in [9.17, 15) is 4.79 Å². The van der Waals surface area contributed by atoms with E-state index in [1.165, 1.54) is 0 Å². The minimum Gasteiger partial charge on any atom is -0.461 e. The zero-order valence-electron chi connectivity index (χ0n) is 16.4. The Balaban J connectivity index is 2.31. The van der Waals surface area contributed by atoms with E-state index in [2.05, 4.69) is 48.1 Å². The molecule has 0 spiro atoms. The highest BCUT2D eigenvalue weighted by Gasteiger charge is 2.57. The summed E-state index contributed by atoms with van der Waals surface area (Å²) in [5.74, 6) is 0.965. The molecule has 24 heavy (non-hydrogen) atoms. The third-order valence-corrected chi connectivity index (χ3v) is 11.4. The normalized spacial score (nSPS) is 31.4. The Labute approximate surface area is 149 Å². The van der Waals surface area contributed by atoms with Crippen LogP contribution in [-0.4, -0.2) is 26.5 Å². The molecule has 3 nitrogen and oxygen atoms in total. The maximum atomic E-state index is 11.9. The van der Waals surface area contributed by atoms with Gasteiger partial charge in [-0.3, -0.25) is 4.79 Å². The van der Waals surface area contributed by atoms with E-state index in [0.717, 1.165) is 24.6 Å². The summed E-state index contributed by atoms with van der Waals surface area (Å²) in [6.45, 7) is 17.6. The summed E-state index contributed by atoms with van der Waals surface area (Å²) in [5, 5.41) is 0. The van der Waals surface area contributed by atoms with Gasteiger partial charge in [0.15, 0.2) is 8.32 Å². The van der Waals surface area contributed by atoms with Crippen molar-refractivity contribution in [2.45, 2.75) is 84.7 Å². The number of carbonyl (C=O) groups is 1. The van der Waals surface area contributed by atoms with E-state index >= 15 is 0 Å². The molecule has 138 valence electrons. The van der Waals surface area contributed by atoms with E-state index in [-0.39, 0.29) is 23.6 Å². The molecule has 1 saturated carbocycles. The quantitative estimate of drug-likeness (QED) is 0.343. The van der Waals surface area contributed by atoms with Gasteiger partial charge in [0.1, 0.15) is 6.10 Å². The molecule has 1 aliphatic carbocycles. The zero-order chi connectivity index (χ0) is 18.1. The van der Waals surface area contributed by atoms with Crippen molar-refractivity contribution in [1.29, 1.82) is 0 Å². The molecule has 1 heterocycles. The van der Waals surface area contributed by atoms with Crippen LogP contribution in [0.2, 0.25) is 18.1 Å². The number of ether oxygens (including phenoxy) is 1. The lowest BCUT2D eigenvalue weighted by atomic mass is 9.83. The van der Waals surface area contributed by atoms with Crippen LogP contribution in [0.4, 0.5) is 0 Å². The van der Waals surface area contributed by atoms with E-state index < -0.39 is 8.32 Å². The first-order valence-corrected chi connectivity index (χ1v) is 12.3. The van der Waals surface area contributed by atoms with Gasteiger partial charge in [-0.25, -0.2) is 0 Å². The van der Waals surface area contributed by atoms with Gasteiger partial charge in [0.2, 0.25) is 0 Å². The van der Waals surface area contributed by atoms with Crippen LogP contribution in [0.5, 0.6) is 0 Å². The molecule has 1 aliphatic heterocycles. The molecule has 0 bridgehead atoms. The fourth-order valence-electron chi connectivity index (χ4n) is 4.93. The molecule has 1 saturated heterocycles. The van der Waals surface area contributed by atoms with Crippen molar-refractivity contribution in [3.8, 4) is 0 Å². The summed E-state index contributed by atoms with van der Waals surface area (Å²) < 4.78 is 12.7. The minimum absolute atomic E-state index is 0.0298. The Hall–Kier alpha value is -0.613. The van der Waals surface area contributed by atoms with Crippen molar-refractivity contribution in [3.05, 3.63) is 12.7 Å². The van der Waals surface area contributed by atoms with Crippen molar-refractivity contribution in [2.75, 3.05) is 0 Å². The Kier molecular flexibility index (Phi) is 6.02. The molecule has 0 aromatic carbocycles. The van der Waals surface area contributed by atoms with Gasteiger partial charge in [-0.1, -0.05) is 47.6 Å². The van der Waals surface area contributed by atoms with Crippen LogP contribution < -0.4 is 0 Å². The number of hydrogen-bond donors (Lipinski definition) is 0.